The van der Waals surface area contributed by atoms with Crippen LogP contribution in [0.4, 0.5) is 4.79 Å². The van der Waals surface area contributed by atoms with Gasteiger partial charge in [-0.25, -0.2) is 4.79 Å². The zero-order valence-corrected chi connectivity index (χ0v) is 11.3. The van der Waals surface area contributed by atoms with E-state index in [1.54, 1.807) is 20.8 Å². The predicted molar refractivity (Wildman–Crippen MR) is 68.1 cm³/mol. The Balaban J connectivity index is 2.58. The van der Waals surface area contributed by atoms with Crippen molar-refractivity contribution in [3.8, 4) is 0 Å². The third-order valence-electron chi connectivity index (χ3n) is 2.49. The second-order valence-corrected chi connectivity index (χ2v) is 5.45. The van der Waals surface area contributed by atoms with Gasteiger partial charge in [0.1, 0.15) is 11.7 Å². The summed E-state index contributed by atoms with van der Waals surface area (Å²) in [5, 5.41) is 12.5. The van der Waals surface area contributed by atoms with Gasteiger partial charge >= 0.3 is 6.09 Å². The lowest BCUT2D eigenvalue weighted by atomic mass is 10.0. The predicted octanol–water partition coefficient (Wildman–Crippen LogP) is 1.65. The monoisotopic (exact) mass is 255 g/mol. The molecule has 0 fully saturated rings. The zero-order chi connectivity index (χ0) is 13.9. The molecule has 0 spiro atoms. The highest BCUT2D eigenvalue weighted by Gasteiger charge is 2.29. The Hall–Kier alpha value is -1.36. The van der Waals surface area contributed by atoms with Crippen LogP contribution in [0.3, 0.4) is 0 Å². The van der Waals surface area contributed by atoms with Crippen molar-refractivity contribution in [2.75, 3.05) is 0 Å². The van der Waals surface area contributed by atoms with Crippen LogP contribution in [0.1, 0.15) is 52.2 Å². The summed E-state index contributed by atoms with van der Waals surface area (Å²) >= 11 is 0. The second-order valence-electron chi connectivity index (χ2n) is 5.45. The minimum atomic E-state index is -0.940. The molecule has 2 unspecified atom stereocenters. The normalized spacial score (nSPS) is 15.4. The van der Waals surface area contributed by atoms with Crippen molar-refractivity contribution < 1.29 is 14.6 Å². The molecule has 0 saturated heterocycles. The van der Waals surface area contributed by atoms with Gasteiger partial charge < -0.3 is 15.2 Å². The first-order valence-corrected chi connectivity index (χ1v) is 6.18. The Kier molecular flexibility index (Phi) is 4.51. The number of carbonyl (C=O) groups excluding carboxylic acids is 1. The van der Waals surface area contributed by atoms with Crippen LogP contribution < -0.4 is 10.7 Å². The molecule has 0 aliphatic rings. The number of alkyl carbamates (subject to hydrolysis) is 1. The molecule has 0 aromatic heterocycles. The lowest BCUT2D eigenvalue weighted by Crippen LogP contribution is -2.42. The van der Waals surface area contributed by atoms with E-state index in [2.05, 4.69) is 5.32 Å². The number of aliphatic hydroxyl groups excluding tert-OH is 1. The summed E-state index contributed by atoms with van der Waals surface area (Å²) in [5.74, 6) is 0. The van der Waals surface area contributed by atoms with Gasteiger partial charge in [0.15, 0.2) is 5.43 Å². The van der Waals surface area contributed by atoms with Crippen molar-refractivity contribution in [1.29, 1.82) is 0 Å². The van der Waals surface area contributed by atoms with Crippen molar-refractivity contribution in [3.63, 3.8) is 0 Å². The highest BCUT2D eigenvalue weighted by atomic mass is 16.6. The molecular formula is C13H21NO4. The summed E-state index contributed by atoms with van der Waals surface area (Å²) in [6.07, 6.45) is -0.136. The largest absolute Gasteiger partial charge is 0.444 e. The fourth-order valence-electron chi connectivity index (χ4n) is 1.63. The Morgan fingerprint density at radius 2 is 2.06 bits per heavy atom. The number of ether oxygens (including phenoxy) is 1. The van der Waals surface area contributed by atoms with Crippen molar-refractivity contribution in [2.24, 2.45) is 0 Å². The van der Waals surface area contributed by atoms with Crippen LogP contribution in [-0.2, 0) is 4.74 Å². The van der Waals surface area contributed by atoms with E-state index in [0.717, 1.165) is 6.42 Å². The fourth-order valence-corrected chi connectivity index (χ4v) is 1.63. The van der Waals surface area contributed by atoms with Gasteiger partial charge in [-0.3, -0.25) is 4.79 Å². The average molecular weight is 255 g/mol. The zero-order valence-electron chi connectivity index (χ0n) is 11.3. The van der Waals surface area contributed by atoms with Gasteiger partial charge in [0.25, 0.3) is 0 Å². The van der Waals surface area contributed by atoms with E-state index in [1.165, 1.54) is 6.07 Å². The standard InChI is InChI=1S/C13H21NO4/c1-5-6-9(11(16)8-7-10(8)15)14-12(17)18-13(2,3)4/h7,9,11,16H,5-6H2,1-4H3,(H,14,17). The van der Waals surface area contributed by atoms with E-state index in [0.29, 0.717) is 12.0 Å². The van der Waals surface area contributed by atoms with Gasteiger partial charge in [-0.15, -0.1) is 0 Å². The van der Waals surface area contributed by atoms with E-state index >= 15 is 0 Å². The van der Waals surface area contributed by atoms with Gasteiger partial charge in [-0.2, -0.15) is 0 Å². The van der Waals surface area contributed by atoms with E-state index in [4.69, 9.17) is 4.74 Å². The van der Waals surface area contributed by atoms with Crippen LogP contribution in [0.2, 0.25) is 0 Å². The van der Waals surface area contributed by atoms with Crippen molar-refractivity contribution >= 4 is 6.09 Å². The van der Waals surface area contributed by atoms with Crippen LogP contribution in [0, 0.1) is 0 Å². The van der Waals surface area contributed by atoms with Crippen LogP contribution >= 0.6 is 0 Å². The number of aliphatic hydroxyl groups is 1. The SMILES string of the molecule is CCCC(NC(=O)OC(C)(C)C)C(O)c1cc1=O. The minimum Gasteiger partial charge on any atom is -0.444 e. The Bertz CT molecular complexity index is 412. The molecule has 1 rings (SSSR count). The molecule has 0 radical (unpaired) electrons. The topological polar surface area (TPSA) is 75.6 Å². The van der Waals surface area contributed by atoms with Crippen LogP contribution in [0.25, 0.3) is 0 Å². The molecule has 1 aromatic carbocycles. The van der Waals surface area contributed by atoms with Gasteiger partial charge in [-0.05, 0) is 33.3 Å². The summed E-state index contributed by atoms with van der Waals surface area (Å²) in [6, 6.07) is 0.895. The van der Waals surface area contributed by atoms with Crippen LogP contribution in [-0.4, -0.2) is 22.8 Å². The van der Waals surface area contributed by atoms with Crippen molar-refractivity contribution in [3.05, 3.63) is 21.9 Å². The average Bonchev–Trinajstić information content (AvgIpc) is 2.91. The molecular weight excluding hydrogens is 234 g/mol. The molecule has 0 aliphatic heterocycles. The molecule has 0 saturated carbocycles. The van der Waals surface area contributed by atoms with E-state index in [1.807, 2.05) is 6.92 Å². The number of hydrogen-bond donors (Lipinski definition) is 2. The number of carbonyl (C=O) groups is 1. The lowest BCUT2D eigenvalue weighted by Gasteiger charge is -2.25. The molecule has 0 bridgehead atoms. The van der Waals surface area contributed by atoms with Gasteiger partial charge in [-0.1, -0.05) is 13.3 Å². The van der Waals surface area contributed by atoms with E-state index < -0.39 is 23.8 Å². The summed E-state index contributed by atoms with van der Waals surface area (Å²) < 4.78 is 5.13. The molecule has 2 N–H and O–H groups in total. The number of amides is 1. The smallest absolute Gasteiger partial charge is 0.407 e. The Labute approximate surface area is 107 Å². The van der Waals surface area contributed by atoms with Crippen LogP contribution in [0.15, 0.2) is 10.9 Å². The molecule has 0 heterocycles. The maximum Gasteiger partial charge on any atom is 0.407 e. The maximum absolute atomic E-state index is 11.6. The molecule has 102 valence electrons. The highest BCUT2D eigenvalue weighted by molar-refractivity contribution is 5.68. The fraction of sp³-hybridized carbons (Fsp3) is 0.692. The lowest BCUT2D eigenvalue weighted by molar-refractivity contribution is 0.0415. The molecule has 0 aliphatic carbocycles. The molecule has 2 atom stereocenters. The summed E-state index contributed by atoms with van der Waals surface area (Å²) in [5.41, 5.74) is -0.348. The summed E-state index contributed by atoms with van der Waals surface area (Å²) in [4.78, 5) is 22.6. The summed E-state index contributed by atoms with van der Waals surface area (Å²) in [6.45, 7) is 7.25. The first-order valence-electron chi connectivity index (χ1n) is 6.18. The van der Waals surface area contributed by atoms with Gasteiger partial charge in [0, 0.05) is 5.56 Å². The summed E-state index contributed by atoms with van der Waals surface area (Å²) in [7, 11) is 0. The maximum atomic E-state index is 11.6. The third-order valence-corrected chi connectivity index (χ3v) is 2.49. The Morgan fingerprint density at radius 1 is 1.50 bits per heavy atom. The number of nitrogens with one attached hydrogen (secondary N) is 1. The third kappa shape index (κ3) is 4.49. The molecule has 5 heteroatoms. The van der Waals surface area contributed by atoms with E-state index in [-0.39, 0.29) is 5.43 Å². The minimum absolute atomic E-state index is 0.144. The second kappa shape index (κ2) is 5.52. The Morgan fingerprint density at radius 3 is 2.44 bits per heavy atom. The first kappa shape index (κ1) is 14.7. The quantitative estimate of drug-likeness (QED) is 0.838. The van der Waals surface area contributed by atoms with Gasteiger partial charge in [0.05, 0.1) is 6.04 Å². The van der Waals surface area contributed by atoms with Crippen molar-refractivity contribution in [1.82, 2.24) is 5.32 Å². The number of rotatable bonds is 5. The molecule has 18 heavy (non-hydrogen) atoms. The molecule has 1 aromatic rings. The number of hydrogen-bond acceptors (Lipinski definition) is 4. The van der Waals surface area contributed by atoms with Gasteiger partial charge in [0.2, 0.25) is 0 Å². The molecule has 1 amide bonds. The molecule has 5 nitrogen and oxygen atoms in total. The van der Waals surface area contributed by atoms with Crippen LogP contribution in [0.5, 0.6) is 0 Å². The van der Waals surface area contributed by atoms with Crippen molar-refractivity contribution in [2.45, 2.75) is 58.3 Å². The first-order chi connectivity index (χ1) is 8.24. The van der Waals surface area contributed by atoms with E-state index in [9.17, 15) is 14.7 Å². The highest BCUT2D eigenvalue weighted by Crippen LogP contribution is 2.20.